The van der Waals surface area contributed by atoms with E-state index in [1.54, 1.807) is 0 Å². The summed E-state index contributed by atoms with van der Waals surface area (Å²) in [6.45, 7) is 0. The molecule has 0 aliphatic heterocycles. The van der Waals surface area contributed by atoms with Crippen LogP contribution in [0.5, 0.6) is 0 Å². The maximum absolute atomic E-state index is 10.8. The second-order valence-electron chi connectivity index (χ2n) is 2.70. The number of hydrogen-bond acceptors (Lipinski definition) is 4. The zero-order valence-electron chi connectivity index (χ0n) is 7.40. The van der Waals surface area contributed by atoms with Crippen LogP contribution in [0.4, 0.5) is 0 Å². The lowest BCUT2D eigenvalue weighted by Crippen LogP contribution is -2.06. The Labute approximate surface area is 83.1 Å². The van der Waals surface area contributed by atoms with E-state index in [0.29, 0.717) is 11.2 Å². The van der Waals surface area contributed by atoms with Gasteiger partial charge in [0.25, 0.3) is 5.91 Å². The average Bonchev–Trinajstić information content (AvgIpc) is 2.53. The molecule has 6 heteroatoms. The van der Waals surface area contributed by atoms with Crippen LogP contribution in [0.1, 0.15) is 5.56 Å². The number of nitrogens with one attached hydrogen (secondary N) is 1. The number of rotatable bonds is 0. The van der Waals surface area contributed by atoms with Crippen LogP contribution < -0.4 is 11.5 Å². The number of hydrogen-bond donors (Lipinski definition) is 2. The smallest absolute Gasteiger partial charge is 0.406 e. The molecule has 2 aromatic rings. The Morgan fingerprint density at radius 3 is 3.13 bits per heavy atom. The Bertz CT molecular complexity index is 642. The fourth-order valence-electron chi connectivity index (χ4n) is 1.04. The Balaban J connectivity index is 2.52. The molecule has 6 nitrogen and oxygen atoms in total. The Hall–Kier alpha value is -2.55. The normalized spacial score (nSPS) is 9.60. The molecule has 2 aromatic heterocycles. The van der Waals surface area contributed by atoms with Crippen LogP contribution >= 0.6 is 0 Å². The maximum atomic E-state index is 10.8. The number of pyridine rings is 1. The summed E-state index contributed by atoms with van der Waals surface area (Å²) >= 11 is 0. The number of carbonyl (C=O) groups excluding carboxylic acids is 1. The summed E-state index contributed by atoms with van der Waals surface area (Å²) in [5.74, 6) is 3.32. The molecule has 0 unspecified atom stereocenters. The van der Waals surface area contributed by atoms with E-state index >= 15 is 0 Å². The molecule has 1 amide bonds. The first kappa shape index (κ1) is 9.02. The van der Waals surface area contributed by atoms with Crippen LogP contribution in [0.2, 0.25) is 0 Å². The van der Waals surface area contributed by atoms with Gasteiger partial charge in [-0.1, -0.05) is 5.92 Å². The average molecular weight is 203 g/mol. The quantitative estimate of drug-likeness (QED) is 0.555. The summed E-state index contributed by atoms with van der Waals surface area (Å²) in [6.07, 6.45) is 1.41. The van der Waals surface area contributed by atoms with Crippen molar-refractivity contribution < 1.29 is 9.21 Å². The number of nitrogens with zero attached hydrogens (tertiary/aromatic N) is 1. The SMILES string of the molecule is NC(=O)C#Cc1cnc2[nH]c(=O)oc2c1. The molecule has 0 radical (unpaired) electrons. The minimum absolute atomic E-state index is 0.288. The van der Waals surface area contributed by atoms with Crippen molar-refractivity contribution in [3.63, 3.8) is 0 Å². The van der Waals surface area contributed by atoms with E-state index in [1.807, 2.05) is 0 Å². The molecule has 3 N–H and O–H groups in total. The summed E-state index contributed by atoms with van der Waals surface area (Å²) in [5.41, 5.74) is 5.92. The van der Waals surface area contributed by atoms with E-state index in [9.17, 15) is 9.59 Å². The van der Waals surface area contributed by atoms with Crippen LogP contribution in [-0.4, -0.2) is 15.9 Å². The van der Waals surface area contributed by atoms with Gasteiger partial charge in [0.1, 0.15) is 0 Å². The van der Waals surface area contributed by atoms with Crippen molar-refractivity contribution in [1.29, 1.82) is 0 Å². The predicted octanol–water partition coefficient (Wildman–Crippen LogP) is -0.647. The second kappa shape index (κ2) is 3.31. The number of primary amides is 1. The van der Waals surface area contributed by atoms with Crippen LogP contribution in [0.3, 0.4) is 0 Å². The molecule has 74 valence electrons. The van der Waals surface area contributed by atoms with Crippen LogP contribution in [0, 0.1) is 11.8 Å². The van der Waals surface area contributed by atoms with Crippen LogP contribution in [0.15, 0.2) is 21.5 Å². The fraction of sp³-hybridized carbons (Fsp3) is 0. The standard InChI is InChI=1S/C9H5N3O3/c10-7(13)2-1-5-3-6-8(11-4-5)12-9(14)15-6/h3-4H,(H2,10,13)(H,11,12,14). The first-order valence-electron chi connectivity index (χ1n) is 3.95. The third kappa shape index (κ3) is 1.86. The zero-order valence-corrected chi connectivity index (χ0v) is 7.40. The molecular formula is C9H5N3O3. The Morgan fingerprint density at radius 2 is 2.40 bits per heavy atom. The lowest BCUT2D eigenvalue weighted by Gasteiger charge is -1.87. The molecule has 2 rings (SSSR count). The molecule has 0 aliphatic rings. The van der Waals surface area contributed by atoms with Crippen LogP contribution in [-0.2, 0) is 4.79 Å². The molecule has 0 saturated carbocycles. The van der Waals surface area contributed by atoms with E-state index < -0.39 is 11.7 Å². The molecule has 0 fully saturated rings. The van der Waals surface area contributed by atoms with E-state index in [1.165, 1.54) is 12.3 Å². The van der Waals surface area contributed by atoms with Crippen LogP contribution in [0.25, 0.3) is 11.2 Å². The number of fused-ring (bicyclic) bond motifs is 1. The highest BCUT2D eigenvalue weighted by molar-refractivity contribution is 5.92. The molecule has 0 bridgehead atoms. The molecule has 0 saturated heterocycles. The molecular weight excluding hydrogens is 198 g/mol. The third-order valence-corrected chi connectivity index (χ3v) is 1.61. The van der Waals surface area contributed by atoms with Crippen molar-refractivity contribution in [2.45, 2.75) is 0 Å². The lowest BCUT2D eigenvalue weighted by molar-refractivity contribution is -0.112. The monoisotopic (exact) mass is 203 g/mol. The second-order valence-corrected chi connectivity index (χ2v) is 2.70. The Kier molecular flexibility index (Phi) is 1.99. The lowest BCUT2D eigenvalue weighted by atomic mass is 10.3. The third-order valence-electron chi connectivity index (χ3n) is 1.61. The number of aromatic amines is 1. The maximum Gasteiger partial charge on any atom is 0.418 e. The number of oxazole rings is 1. The number of carbonyl (C=O) groups is 1. The Morgan fingerprint density at radius 1 is 1.60 bits per heavy atom. The predicted molar refractivity (Wildman–Crippen MR) is 50.7 cm³/mol. The van der Waals surface area contributed by atoms with E-state index in [4.69, 9.17) is 10.2 Å². The van der Waals surface area contributed by atoms with Crippen molar-refractivity contribution in [1.82, 2.24) is 9.97 Å². The minimum atomic E-state index is -0.731. The van der Waals surface area contributed by atoms with Crippen molar-refractivity contribution in [3.8, 4) is 11.8 Å². The topological polar surface area (TPSA) is 102 Å². The van der Waals surface area contributed by atoms with Gasteiger partial charge in [0.2, 0.25) is 0 Å². The van der Waals surface area contributed by atoms with Gasteiger partial charge in [0.15, 0.2) is 11.2 Å². The van der Waals surface area contributed by atoms with Crippen molar-refractivity contribution in [3.05, 3.63) is 28.4 Å². The van der Waals surface area contributed by atoms with Gasteiger partial charge in [-0.3, -0.25) is 9.78 Å². The van der Waals surface area contributed by atoms with Crippen molar-refractivity contribution in [2.75, 3.05) is 0 Å². The fourth-order valence-corrected chi connectivity index (χ4v) is 1.04. The van der Waals surface area contributed by atoms with E-state index in [-0.39, 0.29) is 5.58 Å². The molecule has 15 heavy (non-hydrogen) atoms. The summed E-state index contributed by atoms with van der Waals surface area (Å²) in [4.78, 5) is 27.4. The van der Waals surface area contributed by atoms with Gasteiger partial charge in [-0.05, 0) is 0 Å². The van der Waals surface area contributed by atoms with Gasteiger partial charge in [0.05, 0.1) is 0 Å². The number of H-pyrrole nitrogens is 1. The van der Waals surface area contributed by atoms with E-state index in [2.05, 4.69) is 21.8 Å². The zero-order chi connectivity index (χ0) is 10.8. The highest BCUT2D eigenvalue weighted by atomic mass is 16.4. The minimum Gasteiger partial charge on any atom is -0.406 e. The number of aromatic nitrogens is 2. The number of nitrogens with two attached hydrogens (primary N) is 1. The molecule has 0 aromatic carbocycles. The van der Waals surface area contributed by atoms with Gasteiger partial charge in [-0.15, -0.1) is 0 Å². The summed E-state index contributed by atoms with van der Waals surface area (Å²) < 4.78 is 4.76. The molecule has 0 atom stereocenters. The first-order valence-corrected chi connectivity index (χ1v) is 3.95. The van der Waals surface area contributed by atoms with Gasteiger partial charge < -0.3 is 10.2 Å². The van der Waals surface area contributed by atoms with Crippen molar-refractivity contribution >= 4 is 17.1 Å². The first-order chi connectivity index (χ1) is 7.15. The summed E-state index contributed by atoms with van der Waals surface area (Å²) in [7, 11) is 0. The summed E-state index contributed by atoms with van der Waals surface area (Å²) in [6, 6.07) is 1.50. The van der Waals surface area contributed by atoms with Gasteiger partial charge in [-0.25, -0.2) is 9.78 Å². The largest absolute Gasteiger partial charge is 0.418 e. The summed E-state index contributed by atoms with van der Waals surface area (Å²) in [5, 5.41) is 0. The highest BCUT2D eigenvalue weighted by Crippen LogP contribution is 2.07. The van der Waals surface area contributed by atoms with E-state index in [0.717, 1.165) is 0 Å². The van der Waals surface area contributed by atoms with Gasteiger partial charge in [0, 0.05) is 23.7 Å². The highest BCUT2D eigenvalue weighted by Gasteiger charge is 2.01. The molecule has 0 aliphatic carbocycles. The molecule has 0 spiro atoms. The number of amides is 1. The van der Waals surface area contributed by atoms with Crippen molar-refractivity contribution in [2.24, 2.45) is 5.73 Å². The van der Waals surface area contributed by atoms with Gasteiger partial charge >= 0.3 is 5.76 Å². The molecule has 2 heterocycles. The van der Waals surface area contributed by atoms with Gasteiger partial charge in [-0.2, -0.15) is 0 Å².